The standard InChI is InChI=1S/C11H15N3O8/c12-8-13-6(17)2-4-9(19,1-15)5-3(16)10(2,14-8)7(18)11(20,21-4)22-5/h1-7,16-20H,(H3,12,13,14). The van der Waals surface area contributed by atoms with Crippen LogP contribution in [-0.2, 0) is 14.3 Å². The second-order valence-electron chi connectivity index (χ2n) is 6.07. The first-order valence-electron chi connectivity index (χ1n) is 6.63. The monoisotopic (exact) mass is 317 g/mol. The van der Waals surface area contributed by atoms with Gasteiger partial charge in [-0.2, -0.15) is 0 Å². The third-order valence-corrected chi connectivity index (χ3v) is 5.08. The van der Waals surface area contributed by atoms with Gasteiger partial charge in [0.2, 0.25) is 0 Å². The molecule has 0 radical (unpaired) electrons. The van der Waals surface area contributed by atoms with E-state index >= 15 is 0 Å². The van der Waals surface area contributed by atoms with E-state index in [1.807, 2.05) is 0 Å². The lowest BCUT2D eigenvalue weighted by atomic mass is 9.55. The molecule has 22 heavy (non-hydrogen) atoms. The topological polar surface area (TPSA) is 187 Å². The summed E-state index contributed by atoms with van der Waals surface area (Å²) in [5, 5.41) is 54.5. The van der Waals surface area contributed by atoms with Gasteiger partial charge in [-0.15, -0.1) is 0 Å². The van der Waals surface area contributed by atoms with Gasteiger partial charge in [0.1, 0.15) is 23.9 Å². The maximum absolute atomic E-state index is 11.4. The van der Waals surface area contributed by atoms with Gasteiger partial charge in [0.25, 0.3) is 0 Å². The van der Waals surface area contributed by atoms with Crippen LogP contribution in [0.25, 0.3) is 0 Å². The molecule has 0 aromatic rings. The van der Waals surface area contributed by atoms with E-state index in [9.17, 15) is 30.3 Å². The number of hydrogen-bond acceptors (Lipinski definition) is 11. The molecule has 4 heterocycles. The highest BCUT2D eigenvalue weighted by Crippen LogP contribution is 2.58. The normalized spacial score (nSPS) is 62.1. The Morgan fingerprint density at radius 3 is 2.50 bits per heavy atom. The fraction of sp³-hybridized carbons (Fsp3) is 0.818. The van der Waals surface area contributed by atoms with Crippen LogP contribution in [0.2, 0.25) is 0 Å². The number of rotatable bonds is 1. The van der Waals surface area contributed by atoms with Crippen LogP contribution in [0.1, 0.15) is 0 Å². The minimum Gasteiger partial charge on any atom is -0.388 e. The van der Waals surface area contributed by atoms with E-state index in [1.54, 1.807) is 0 Å². The number of carbonyl (C=O) groups is 1. The van der Waals surface area contributed by atoms with Crippen LogP contribution in [-0.4, -0.2) is 85.5 Å². The van der Waals surface area contributed by atoms with Gasteiger partial charge in [0, 0.05) is 0 Å². The molecule has 4 fully saturated rings. The van der Waals surface area contributed by atoms with E-state index < -0.39 is 53.7 Å². The van der Waals surface area contributed by atoms with Gasteiger partial charge in [-0.1, -0.05) is 0 Å². The van der Waals surface area contributed by atoms with Crippen molar-refractivity contribution in [2.75, 3.05) is 0 Å². The molecule has 4 bridgehead atoms. The third-order valence-electron chi connectivity index (χ3n) is 5.08. The molecule has 5 aliphatic rings. The van der Waals surface area contributed by atoms with Crippen LogP contribution in [0.15, 0.2) is 4.99 Å². The van der Waals surface area contributed by atoms with Gasteiger partial charge in [0.05, 0.1) is 5.92 Å². The quantitative estimate of drug-likeness (QED) is 0.230. The van der Waals surface area contributed by atoms with E-state index in [2.05, 4.69) is 10.3 Å². The van der Waals surface area contributed by atoms with Crippen molar-refractivity contribution in [3.05, 3.63) is 0 Å². The number of nitrogens with two attached hydrogens (primary N) is 1. The summed E-state index contributed by atoms with van der Waals surface area (Å²) in [5.74, 6) is -4.09. The number of nitrogens with zero attached hydrogens (tertiary/aromatic N) is 1. The first-order chi connectivity index (χ1) is 10.2. The van der Waals surface area contributed by atoms with E-state index in [4.69, 9.17) is 15.2 Å². The highest BCUT2D eigenvalue weighted by atomic mass is 16.9. The Bertz CT molecular complexity index is 588. The number of nitrogens with one attached hydrogen (secondary N) is 1. The molecular weight excluding hydrogens is 302 g/mol. The van der Waals surface area contributed by atoms with E-state index in [1.165, 1.54) is 0 Å². The number of carbonyl (C=O) groups excluding carboxylic acids is 1. The van der Waals surface area contributed by atoms with Crippen molar-refractivity contribution in [3.63, 3.8) is 0 Å². The van der Waals surface area contributed by atoms with Gasteiger partial charge < -0.3 is 46.1 Å². The second-order valence-corrected chi connectivity index (χ2v) is 6.07. The Labute approximate surface area is 123 Å². The van der Waals surface area contributed by atoms with E-state index in [-0.39, 0.29) is 12.2 Å². The summed E-state index contributed by atoms with van der Waals surface area (Å²) < 4.78 is 10.1. The highest BCUT2D eigenvalue weighted by molar-refractivity contribution is 5.81. The second kappa shape index (κ2) is 3.76. The average molecular weight is 317 g/mol. The number of aliphatic hydroxyl groups excluding tert-OH is 3. The molecule has 3 saturated heterocycles. The summed E-state index contributed by atoms with van der Waals surface area (Å²) in [6.07, 6.45) is -8.05. The summed E-state index contributed by atoms with van der Waals surface area (Å²) in [4.78, 5) is 15.0. The minimum absolute atomic E-state index is 0.112. The molecule has 1 spiro atoms. The molecule has 0 aromatic heterocycles. The van der Waals surface area contributed by atoms with Gasteiger partial charge in [-0.3, -0.25) is 4.79 Å². The van der Waals surface area contributed by atoms with Crippen molar-refractivity contribution in [3.8, 4) is 0 Å². The fourth-order valence-corrected chi connectivity index (χ4v) is 4.13. The molecule has 0 amide bonds. The Kier molecular flexibility index (Phi) is 2.44. The minimum atomic E-state index is -2.56. The maximum atomic E-state index is 11.4. The number of ether oxygens (including phenoxy) is 2. The molecule has 4 aliphatic heterocycles. The summed E-state index contributed by atoms with van der Waals surface area (Å²) in [6.45, 7) is 0. The number of hydrogen-bond donors (Lipinski definition) is 7. The molecule has 122 valence electrons. The number of aldehydes is 1. The van der Waals surface area contributed by atoms with Crippen LogP contribution >= 0.6 is 0 Å². The van der Waals surface area contributed by atoms with Crippen molar-refractivity contribution in [1.29, 1.82) is 0 Å². The summed E-state index contributed by atoms with van der Waals surface area (Å²) >= 11 is 0. The van der Waals surface area contributed by atoms with Gasteiger partial charge in [0.15, 0.2) is 30.2 Å². The Hall–Kier alpha value is -1.34. The molecule has 9 atom stereocenters. The van der Waals surface area contributed by atoms with Crippen molar-refractivity contribution >= 4 is 12.2 Å². The van der Waals surface area contributed by atoms with Crippen molar-refractivity contribution < 1.29 is 39.8 Å². The summed E-state index contributed by atoms with van der Waals surface area (Å²) in [6, 6.07) is 0. The zero-order chi connectivity index (χ0) is 16.1. The van der Waals surface area contributed by atoms with Crippen molar-refractivity contribution in [2.24, 2.45) is 16.6 Å². The third kappa shape index (κ3) is 1.23. The van der Waals surface area contributed by atoms with Crippen LogP contribution in [0.5, 0.6) is 0 Å². The van der Waals surface area contributed by atoms with E-state index in [0.717, 1.165) is 0 Å². The lowest BCUT2D eigenvalue weighted by Gasteiger charge is -2.70. The Morgan fingerprint density at radius 2 is 1.86 bits per heavy atom. The Morgan fingerprint density at radius 1 is 1.23 bits per heavy atom. The summed E-state index contributed by atoms with van der Waals surface area (Å²) in [5.41, 5.74) is 1.43. The van der Waals surface area contributed by atoms with Gasteiger partial charge in [-0.25, -0.2) is 4.99 Å². The molecule has 11 nitrogen and oxygen atoms in total. The van der Waals surface area contributed by atoms with Crippen molar-refractivity contribution in [2.45, 2.75) is 47.8 Å². The predicted molar refractivity (Wildman–Crippen MR) is 64.7 cm³/mol. The average Bonchev–Trinajstić information content (AvgIpc) is 2.45. The molecule has 8 N–H and O–H groups in total. The molecule has 1 aliphatic carbocycles. The molecule has 11 heteroatoms. The number of aliphatic hydroxyl groups is 5. The fourth-order valence-electron chi connectivity index (χ4n) is 4.13. The van der Waals surface area contributed by atoms with Crippen LogP contribution in [0.3, 0.4) is 0 Å². The van der Waals surface area contributed by atoms with Crippen LogP contribution in [0, 0.1) is 5.92 Å². The largest absolute Gasteiger partial charge is 0.388 e. The molecule has 0 aromatic carbocycles. The van der Waals surface area contributed by atoms with Gasteiger partial charge >= 0.3 is 5.97 Å². The van der Waals surface area contributed by atoms with Crippen LogP contribution < -0.4 is 11.1 Å². The first-order valence-corrected chi connectivity index (χ1v) is 6.63. The lowest BCUT2D eigenvalue weighted by Crippen LogP contribution is -2.95. The molecule has 9 unspecified atom stereocenters. The predicted octanol–water partition coefficient (Wildman–Crippen LogP) is -5.31. The lowest BCUT2D eigenvalue weighted by molar-refractivity contribution is -0.540. The van der Waals surface area contributed by atoms with Crippen LogP contribution in [0.4, 0.5) is 0 Å². The zero-order valence-electron chi connectivity index (χ0n) is 11.0. The highest BCUT2D eigenvalue weighted by Gasteiger charge is 2.83. The summed E-state index contributed by atoms with van der Waals surface area (Å²) in [7, 11) is 0. The van der Waals surface area contributed by atoms with E-state index in [0.29, 0.717) is 0 Å². The number of guanidine groups is 1. The molecular formula is C11H15N3O8. The zero-order valence-corrected chi connectivity index (χ0v) is 11.0. The number of aliphatic imine (C=N–C) groups is 1. The molecule has 1 saturated carbocycles. The SMILES string of the molecule is NC1=NC(O)C2C3OC4(O)OC(C(O)C2(N1)C4O)C3(O)C=O. The first kappa shape index (κ1) is 14.3. The van der Waals surface area contributed by atoms with Gasteiger partial charge in [-0.05, 0) is 0 Å². The maximum Gasteiger partial charge on any atom is 0.311 e. The van der Waals surface area contributed by atoms with Crippen molar-refractivity contribution in [1.82, 2.24) is 5.32 Å². The smallest absolute Gasteiger partial charge is 0.311 e. The Balaban J connectivity index is 1.96. The molecule has 5 rings (SSSR count).